The standard InChI is InChI=1S/C17H28N2O6/c1-6-23-13-9-12(10-14(24-7-2)16(13)25-8-3)19-17(20)18-11-15(21-4)22-5/h9-10,15H,6-8,11H2,1-5H3,(H2,18,19,20). The molecule has 0 saturated carbocycles. The van der Waals surface area contributed by atoms with Gasteiger partial charge in [-0.3, -0.25) is 0 Å². The number of ether oxygens (including phenoxy) is 5. The first-order valence-corrected chi connectivity index (χ1v) is 8.26. The molecule has 0 heterocycles. The predicted molar refractivity (Wildman–Crippen MR) is 94.8 cm³/mol. The number of anilines is 1. The van der Waals surface area contributed by atoms with E-state index in [-0.39, 0.29) is 6.54 Å². The molecule has 2 N–H and O–H groups in total. The summed E-state index contributed by atoms with van der Waals surface area (Å²) in [7, 11) is 3.01. The second-order valence-electron chi connectivity index (χ2n) is 4.84. The molecule has 25 heavy (non-hydrogen) atoms. The zero-order valence-electron chi connectivity index (χ0n) is 15.5. The average molecular weight is 356 g/mol. The molecular formula is C17H28N2O6. The van der Waals surface area contributed by atoms with E-state index in [1.807, 2.05) is 20.8 Å². The molecule has 1 rings (SSSR count). The van der Waals surface area contributed by atoms with Gasteiger partial charge in [0.2, 0.25) is 5.75 Å². The quantitative estimate of drug-likeness (QED) is 0.593. The maximum atomic E-state index is 12.1. The summed E-state index contributed by atoms with van der Waals surface area (Å²) in [6, 6.07) is 3.00. The summed E-state index contributed by atoms with van der Waals surface area (Å²) in [4.78, 5) is 12.1. The van der Waals surface area contributed by atoms with Gasteiger partial charge in [0.05, 0.1) is 32.1 Å². The first-order chi connectivity index (χ1) is 12.1. The van der Waals surface area contributed by atoms with E-state index >= 15 is 0 Å². The first kappa shape index (κ1) is 20.9. The highest BCUT2D eigenvalue weighted by Crippen LogP contribution is 2.40. The third-order valence-electron chi connectivity index (χ3n) is 3.12. The van der Waals surface area contributed by atoms with E-state index in [1.165, 1.54) is 14.2 Å². The molecule has 2 amide bonds. The van der Waals surface area contributed by atoms with Crippen LogP contribution < -0.4 is 24.8 Å². The number of carbonyl (C=O) groups is 1. The smallest absolute Gasteiger partial charge is 0.319 e. The molecular weight excluding hydrogens is 328 g/mol. The first-order valence-electron chi connectivity index (χ1n) is 8.26. The summed E-state index contributed by atoms with van der Waals surface area (Å²) in [5, 5.41) is 5.40. The van der Waals surface area contributed by atoms with Crippen LogP contribution in [0, 0.1) is 0 Å². The fourth-order valence-corrected chi connectivity index (χ4v) is 2.08. The topological polar surface area (TPSA) is 87.3 Å². The van der Waals surface area contributed by atoms with Crippen molar-refractivity contribution < 1.29 is 28.5 Å². The van der Waals surface area contributed by atoms with Crippen LogP contribution in [0.25, 0.3) is 0 Å². The summed E-state index contributed by atoms with van der Waals surface area (Å²) < 4.78 is 26.9. The average Bonchev–Trinajstić information content (AvgIpc) is 2.59. The molecule has 0 spiro atoms. The Balaban J connectivity index is 2.92. The van der Waals surface area contributed by atoms with Gasteiger partial charge in [-0.1, -0.05) is 0 Å². The summed E-state index contributed by atoms with van der Waals surface area (Å²) in [5.41, 5.74) is 0.527. The SMILES string of the molecule is CCOc1cc(NC(=O)NCC(OC)OC)cc(OCC)c1OCC. The van der Waals surface area contributed by atoms with E-state index in [1.54, 1.807) is 12.1 Å². The Kier molecular flexibility index (Phi) is 9.49. The molecule has 0 bridgehead atoms. The molecule has 1 aromatic carbocycles. The largest absolute Gasteiger partial charge is 0.490 e. The van der Waals surface area contributed by atoms with Crippen LogP contribution in [-0.2, 0) is 9.47 Å². The number of hydrogen-bond donors (Lipinski definition) is 2. The van der Waals surface area contributed by atoms with Crippen molar-refractivity contribution in [3.63, 3.8) is 0 Å². The second-order valence-corrected chi connectivity index (χ2v) is 4.84. The van der Waals surface area contributed by atoms with E-state index in [0.717, 1.165) is 0 Å². The Labute approximate surface area is 148 Å². The molecule has 8 nitrogen and oxygen atoms in total. The van der Waals surface area contributed by atoms with Gasteiger partial charge in [-0.25, -0.2) is 4.79 Å². The number of amides is 2. The third kappa shape index (κ3) is 6.67. The Morgan fingerprint density at radius 2 is 1.48 bits per heavy atom. The Morgan fingerprint density at radius 1 is 0.960 bits per heavy atom. The van der Waals surface area contributed by atoms with Crippen molar-refractivity contribution in [1.82, 2.24) is 5.32 Å². The molecule has 0 fully saturated rings. The van der Waals surface area contributed by atoms with Crippen LogP contribution in [0.3, 0.4) is 0 Å². The highest BCUT2D eigenvalue weighted by atomic mass is 16.7. The van der Waals surface area contributed by atoms with Crippen molar-refractivity contribution >= 4 is 11.7 Å². The van der Waals surface area contributed by atoms with E-state index < -0.39 is 12.3 Å². The summed E-state index contributed by atoms with van der Waals surface area (Å²) in [5.74, 6) is 1.55. The molecule has 0 saturated heterocycles. The van der Waals surface area contributed by atoms with Gasteiger partial charge >= 0.3 is 6.03 Å². The zero-order chi connectivity index (χ0) is 18.7. The van der Waals surface area contributed by atoms with Gasteiger partial charge in [0.1, 0.15) is 0 Å². The predicted octanol–water partition coefficient (Wildman–Crippen LogP) is 2.62. The van der Waals surface area contributed by atoms with Crippen molar-refractivity contribution in [2.75, 3.05) is 45.9 Å². The molecule has 8 heteroatoms. The van der Waals surface area contributed by atoms with E-state index in [4.69, 9.17) is 23.7 Å². The van der Waals surface area contributed by atoms with Crippen LogP contribution in [0.5, 0.6) is 17.2 Å². The lowest BCUT2D eigenvalue weighted by Crippen LogP contribution is -2.36. The lowest BCUT2D eigenvalue weighted by Gasteiger charge is -2.18. The second kappa shape index (κ2) is 11.4. The molecule has 1 aromatic rings. The molecule has 0 aromatic heterocycles. The summed E-state index contributed by atoms with van der Waals surface area (Å²) >= 11 is 0. The maximum absolute atomic E-state index is 12.1. The van der Waals surface area contributed by atoms with Crippen molar-refractivity contribution in [2.45, 2.75) is 27.1 Å². The van der Waals surface area contributed by atoms with Gasteiger partial charge in [0.15, 0.2) is 17.8 Å². The normalized spacial score (nSPS) is 10.5. The summed E-state index contributed by atoms with van der Waals surface area (Å²) in [6.45, 7) is 7.24. The minimum atomic E-state index is -0.510. The zero-order valence-corrected chi connectivity index (χ0v) is 15.5. The van der Waals surface area contributed by atoms with Crippen LogP contribution >= 0.6 is 0 Å². The summed E-state index contributed by atoms with van der Waals surface area (Å²) in [6.07, 6.45) is -0.510. The highest BCUT2D eigenvalue weighted by molar-refractivity contribution is 5.90. The van der Waals surface area contributed by atoms with E-state index in [2.05, 4.69) is 10.6 Å². The molecule has 0 aliphatic rings. The maximum Gasteiger partial charge on any atom is 0.319 e. The van der Waals surface area contributed by atoms with Crippen LogP contribution in [0.1, 0.15) is 20.8 Å². The number of carbonyl (C=O) groups excluding carboxylic acids is 1. The lowest BCUT2D eigenvalue weighted by molar-refractivity contribution is -0.0970. The fraction of sp³-hybridized carbons (Fsp3) is 0.588. The molecule has 0 unspecified atom stereocenters. The number of urea groups is 1. The van der Waals surface area contributed by atoms with E-state index in [0.29, 0.717) is 42.8 Å². The van der Waals surface area contributed by atoms with Gasteiger partial charge in [-0.2, -0.15) is 0 Å². The highest BCUT2D eigenvalue weighted by Gasteiger charge is 2.16. The number of nitrogens with one attached hydrogen (secondary N) is 2. The fourth-order valence-electron chi connectivity index (χ4n) is 2.08. The molecule has 0 radical (unpaired) electrons. The molecule has 0 aliphatic heterocycles. The molecule has 142 valence electrons. The van der Waals surface area contributed by atoms with Crippen LogP contribution in [-0.4, -0.2) is 52.9 Å². The number of rotatable bonds is 11. The number of methoxy groups -OCH3 is 2. The van der Waals surface area contributed by atoms with Crippen LogP contribution in [0.15, 0.2) is 12.1 Å². The minimum absolute atomic E-state index is 0.215. The van der Waals surface area contributed by atoms with Crippen LogP contribution in [0.4, 0.5) is 10.5 Å². The Bertz CT molecular complexity index is 507. The number of hydrogen-bond acceptors (Lipinski definition) is 6. The minimum Gasteiger partial charge on any atom is -0.490 e. The van der Waals surface area contributed by atoms with Crippen molar-refractivity contribution in [3.05, 3.63) is 12.1 Å². The Hall–Kier alpha value is -2.19. The van der Waals surface area contributed by atoms with Crippen LogP contribution in [0.2, 0.25) is 0 Å². The molecule has 0 atom stereocenters. The lowest BCUT2D eigenvalue weighted by atomic mass is 10.2. The van der Waals surface area contributed by atoms with Gasteiger partial charge in [0, 0.05) is 26.4 Å². The van der Waals surface area contributed by atoms with Crippen molar-refractivity contribution in [3.8, 4) is 17.2 Å². The third-order valence-corrected chi connectivity index (χ3v) is 3.12. The van der Waals surface area contributed by atoms with Gasteiger partial charge in [-0.15, -0.1) is 0 Å². The van der Waals surface area contributed by atoms with Crippen molar-refractivity contribution in [2.24, 2.45) is 0 Å². The van der Waals surface area contributed by atoms with E-state index in [9.17, 15) is 4.79 Å². The monoisotopic (exact) mass is 356 g/mol. The van der Waals surface area contributed by atoms with Crippen molar-refractivity contribution in [1.29, 1.82) is 0 Å². The Morgan fingerprint density at radius 3 is 1.92 bits per heavy atom. The van der Waals surface area contributed by atoms with Gasteiger partial charge in [-0.05, 0) is 20.8 Å². The van der Waals surface area contributed by atoms with Gasteiger partial charge < -0.3 is 34.3 Å². The van der Waals surface area contributed by atoms with Gasteiger partial charge in [0.25, 0.3) is 0 Å². The number of benzene rings is 1. The molecule has 0 aliphatic carbocycles.